The number of aromatic nitrogens is 2. The van der Waals surface area contributed by atoms with Gasteiger partial charge in [0.25, 0.3) is 0 Å². The molecule has 16 heavy (non-hydrogen) atoms. The Hall–Kier alpha value is -1.44. The molecule has 0 N–H and O–H groups in total. The highest BCUT2D eigenvalue weighted by Crippen LogP contribution is 2.24. The normalized spacial score (nSPS) is 11.6. The average molecular weight is 214 g/mol. The van der Waals surface area contributed by atoms with Crippen molar-refractivity contribution < 1.29 is 0 Å². The van der Waals surface area contributed by atoms with Crippen LogP contribution in [0.1, 0.15) is 50.8 Å². The van der Waals surface area contributed by atoms with Crippen molar-refractivity contribution in [1.29, 1.82) is 0 Å². The topological polar surface area (TPSA) is 25.8 Å². The molecule has 84 valence electrons. The number of hydrogen-bond donors (Lipinski definition) is 0. The first-order valence-electron chi connectivity index (χ1n) is 5.86. The zero-order valence-electron chi connectivity index (χ0n) is 10.4. The Morgan fingerprint density at radius 2 is 1.69 bits per heavy atom. The summed E-state index contributed by atoms with van der Waals surface area (Å²) in [5, 5.41) is 9.87. The predicted molar refractivity (Wildman–Crippen MR) is 67.7 cm³/mol. The van der Waals surface area contributed by atoms with Gasteiger partial charge in [0.2, 0.25) is 0 Å². The molecule has 0 saturated carbocycles. The van der Waals surface area contributed by atoms with Crippen LogP contribution in [0.4, 0.5) is 0 Å². The highest BCUT2D eigenvalue weighted by atomic mass is 15.1. The molecule has 1 heterocycles. The lowest BCUT2D eigenvalue weighted by atomic mass is 9.99. The van der Waals surface area contributed by atoms with Crippen molar-refractivity contribution in [2.24, 2.45) is 0 Å². The third-order valence-corrected chi connectivity index (χ3v) is 2.88. The Kier molecular flexibility index (Phi) is 2.90. The summed E-state index contributed by atoms with van der Waals surface area (Å²) in [4.78, 5) is 0. The molecule has 1 aromatic carbocycles. The molecule has 0 unspecified atom stereocenters. The van der Waals surface area contributed by atoms with Crippen LogP contribution in [0.5, 0.6) is 0 Å². The van der Waals surface area contributed by atoms with Crippen LogP contribution < -0.4 is 0 Å². The molecule has 1 aromatic heterocycles. The van der Waals surface area contributed by atoms with Crippen LogP contribution in [-0.4, -0.2) is 10.2 Å². The summed E-state index contributed by atoms with van der Waals surface area (Å²) in [6, 6.07) is 8.50. The maximum absolute atomic E-state index is 4.37. The summed E-state index contributed by atoms with van der Waals surface area (Å²) in [6.07, 6.45) is 0. The minimum Gasteiger partial charge on any atom is -0.155 e. The quantitative estimate of drug-likeness (QED) is 0.758. The molecule has 0 bridgehead atoms. The van der Waals surface area contributed by atoms with E-state index in [0.717, 1.165) is 11.2 Å². The second-order valence-corrected chi connectivity index (χ2v) is 4.86. The second-order valence-electron chi connectivity index (χ2n) is 4.86. The molecule has 0 saturated heterocycles. The highest BCUT2D eigenvalue weighted by molar-refractivity contribution is 5.82. The first-order chi connectivity index (χ1) is 7.59. The van der Waals surface area contributed by atoms with Gasteiger partial charge in [-0.2, -0.15) is 5.10 Å². The Morgan fingerprint density at radius 3 is 2.31 bits per heavy atom. The van der Waals surface area contributed by atoms with Crippen molar-refractivity contribution in [2.75, 3.05) is 0 Å². The Balaban J connectivity index is 2.64. The smallest absolute Gasteiger partial charge is 0.0964 e. The summed E-state index contributed by atoms with van der Waals surface area (Å²) in [5.74, 6) is 0.919. The molecule has 0 aliphatic carbocycles. The van der Waals surface area contributed by atoms with Gasteiger partial charge in [0.15, 0.2) is 0 Å². The molecule has 0 radical (unpaired) electrons. The van der Waals surface area contributed by atoms with Gasteiger partial charge < -0.3 is 0 Å². The summed E-state index contributed by atoms with van der Waals surface area (Å²) in [7, 11) is 0. The van der Waals surface area contributed by atoms with E-state index in [1.807, 2.05) is 0 Å². The number of fused-ring (bicyclic) bond motifs is 1. The maximum Gasteiger partial charge on any atom is 0.0964 e. The molecule has 2 aromatic rings. The first kappa shape index (κ1) is 11.1. The van der Waals surface area contributed by atoms with E-state index >= 15 is 0 Å². The summed E-state index contributed by atoms with van der Waals surface area (Å²) in [5.41, 5.74) is 3.38. The van der Waals surface area contributed by atoms with E-state index in [4.69, 9.17) is 0 Å². The highest BCUT2D eigenvalue weighted by Gasteiger charge is 2.08. The van der Waals surface area contributed by atoms with E-state index in [1.165, 1.54) is 10.9 Å². The zero-order valence-corrected chi connectivity index (χ0v) is 10.4. The lowest BCUT2D eigenvalue weighted by Crippen LogP contribution is -1.98. The van der Waals surface area contributed by atoms with Gasteiger partial charge in [-0.15, -0.1) is 5.10 Å². The van der Waals surface area contributed by atoms with Crippen LogP contribution >= 0.6 is 0 Å². The molecule has 0 aliphatic heterocycles. The molecule has 0 spiro atoms. The van der Waals surface area contributed by atoms with Crippen LogP contribution in [0.3, 0.4) is 0 Å². The maximum atomic E-state index is 4.37. The van der Waals surface area contributed by atoms with E-state index in [9.17, 15) is 0 Å². The summed E-state index contributed by atoms with van der Waals surface area (Å²) < 4.78 is 0. The van der Waals surface area contributed by atoms with Gasteiger partial charge in [-0.25, -0.2) is 0 Å². The van der Waals surface area contributed by atoms with Gasteiger partial charge in [0.1, 0.15) is 0 Å². The van der Waals surface area contributed by atoms with Crippen LogP contribution in [0.2, 0.25) is 0 Å². The fourth-order valence-electron chi connectivity index (χ4n) is 1.86. The monoisotopic (exact) mass is 214 g/mol. The van der Waals surface area contributed by atoms with Crippen molar-refractivity contribution in [3.8, 4) is 0 Å². The van der Waals surface area contributed by atoms with E-state index in [-0.39, 0.29) is 0 Å². The van der Waals surface area contributed by atoms with Crippen LogP contribution in [0, 0.1) is 0 Å². The second kappa shape index (κ2) is 4.20. The van der Waals surface area contributed by atoms with Crippen molar-refractivity contribution in [2.45, 2.75) is 39.5 Å². The summed E-state index contributed by atoms with van der Waals surface area (Å²) in [6.45, 7) is 8.66. The fourth-order valence-corrected chi connectivity index (χ4v) is 1.86. The van der Waals surface area contributed by atoms with Crippen LogP contribution in [-0.2, 0) is 0 Å². The zero-order chi connectivity index (χ0) is 11.7. The van der Waals surface area contributed by atoms with E-state index in [2.05, 4.69) is 62.2 Å². The lowest BCUT2D eigenvalue weighted by Gasteiger charge is -2.10. The molecule has 0 fully saturated rings. The third-order valence-electron chi connectivity index (χ3n) is 2.88. The molecule has 0 amide bonds. The molecular formula is C14H18N2. The predicted octanol–water partition coefficient (Wildman–Crippen LogP) is 3.88. The first-order valence-corrected chi connectivity index (χ1v) is 5.86. The Labute approximate surface area is 96.7 Å². The number of benzene rings is 1. The van der Waals surface area contributed by atoms with E-state index in [1.54, 1.807) is 0 Å². The number of hydrogen-bond acceptors (Lipinski definition) is 2. The van der Waals surface area contributed by atoms with Gasteiger partial charge in [-0.1, -0.05) is 45.9 Å². The van der Waals surface area contributed by atoms with Gasteiger partial charge in [-0.05, 0) is 23.5 Å². The molecule has 2 rings (SSSR count). The average Bonchev–Trinajstić information content (AvgIpc) is 2.27. The number of rotatable bonds is 2. The van der Waals surface area contributed by atoms with Gasteiger partial charge in [-0.3, -0.25) is 0 Å². The Bertz CT molecular complexity index is 501. The molecular weight excluding hydrogens is 196 g/mol. The van der Waals surface area contributed by atoms with Gasteiger partial charge in [0, 0.05) is 5.39 Å². The molecule has 0 atom stereocenters. The van der Waals surface area contributed by atoms with E-state index < -0.39 is 0 Å². The SMILES string of the molecule is CC(C)c1cc2cccc(C(C)C)c2nn1. The van der Waals surface area contributed by atoms with Gasteiger partial charge >= 0.3 is 0 Å². The van der Waals surface area contributed by atoms with Crippen LogP contribution in [0.25, 0.3) is 10.9 Å². The van der Waals surface area contributed by atoms with Crippen LogP contribution in [0.15, 0.2) is 24.3 Å². The van der Waals surface area contributed by atoms with Crippen molar-refractivity contribution >= 4 is 10.9 Å². The molecule has 2 nitrogen and oxygen atoms in total. The minimum atomic E-state index is 0.430. The van der Waals surface area contributed by atoms with E-state index in [0.29, 0.717) is 11.8 Å². The van der Waals surface area contributed by atoms with Crippen molar-refractivity contribution in [3.05, 3.63) is 35.5 Å². The van der Waals surface area contributed by atoms with Crippen molar-refractivity contribution in [3.63, 3.8) is 0 Å². The molecule has 0 aliphatic rings. The fraction of sp³-hybridized carbons (Fsp3) is 0.429. The minimum absolute atomic E-state index is 0.430. The Morgan fingerprint density at radius 1 is 0.938 bits per heavy atom. The third kappa shape index (κ3) is 1.92. The summed E-state index contributed by atoms with van der Waals surface area (Å²) >= 11 is 0. The van der Waals surface area contributed by atoms with Crippen molar-refractivity contribution in [1.82, 2.24) is 10.2 Å². The largest absolute Gasteiger partial charge is 0.155 e. The number of nitrogens with zero attached hydrogens (tertiary/aromatic N) is 2. The van der Waals surface area contributed by atoms with Gasteiger partial charge in [0.05, 0.1) is 11.2 Å². The lowest BCUT2D eigenvalue weighted by molar-refractivity contribution is 0.790. The standard InChI is InChI=1S/C14H18N2/c1-9(2)12-7-5-6-11-8-13(10(3)4)15-16-14(11)12/h5-10H,1-4H3. The molecule has 2 heteroatoms.